The minimum atomic E-state index is -0.552. The number of nitrogens with zero attached hydrogens (tertiary/aromatic N) is 2. The lowest BCUT2D eigenvalue weighted by atomic mass is 10.0. The Kier molecular flexibility index (Phi) is 5.63. The van der Waals surface area contributed by atoms with Crippen molar-refractivity contribution in [1.29, 1.82) is 0 Å². The van der Waals surface area contributed by atoms with Crippen LogP contribution in [0.15, 0.2) is 60.9 Å². The van der Waals surface area contributed by atoms with Crippen LogP contribution in [0.5, 0.6) is 0 Å². The van der Waals surface area contributed by atoms with E-state index in [1.165, 1.54) is 6.20 Å². The molecule has 0 radical (unpaired) electrons. The molecule has 0 spiro atoms. The number of hydrogen-bond acceptors (Lipinski definition) is 5. The fourth-order valence-electron chi connectivity index (χ4n) is 4.17. The van der Waals surface area contributed by atoms with Gasteiger partial charge in [-0.05, 0) is 54.1 Å². The first-order chi connectivity index (χ1) is 16.5. The van der Waals surface area contributed by atoms with Crippen molar-refractivity contribution in [3.63, 3.8) is 0 Å². The summed E-state index contributed by atoms with van der Waals surface area (Å²) < 4.78 is 0. The molecule has 4 aromatic rings. The first-order valence-electron chi connectivity index (χ1n) is 11.3. The predicted molar refractivity (Wildman–Crippen MR) is 133 cm³/mol. The number of pyridine rings is 1. The van der Waals surface area contributed by atoms with E-state index >= 15 is 0 Å². The SMILES string of the molecule is Cc1cc(Nc2cc(NCc3cccc4cc[nH]c34)c(C(N)=O)cn2)ccc1C(=O)N1CCC1. The van der Waals surface area contributed by atoms with E-state index < -0.39 is 5.91 Å². The molecule has 2 aromatic carbocycles. The molecule has 2 aromatic heterocycles. The number of likely N-dealkylation sites (tertiary alicyclic amines) is 1. The van der Waals surface area contributed by atoms with Gasteiger partial charge in [-0.3, -0.25) is 9.59 Å². The molecule has 0 aliphatic carbocycles. The summed E-state index contributed by atoms with van der Waals surface area (Å²) in [5, 5.41) is 7.72. The lowest BCUT2D eigenvalue weighted by Gasteiger charge is -2.31. The molecule has 8 heteroatoms. The molecule has 0 atom stereocenters. The lowest BCUT2D eigenvalue weighted by molar-refractivity contribution is 0.0651. The van der Waals surface area contributed by atoms with Crippen LogP contribution in [0.3, 0.4) is 0 Å². The summed E-state index contributed by atoms with van der Waals surface area (Å²) >= 11 is 0. The van der Waals surface area contributed by atoms with Gasteiger partial charge in [-0.15, -0.1) is 0 Å². The van der Waals surface area contributed by atoms with Gasteiger partial charge < -0.3 is 26.3 Å². The van der Waals surface area contributed by atoms with Crippen LogP contribution in [0.4, 0.5) is 17.2 Å². The van der Waals surface area contributed by atoms with Crippen LogP contribution >= 0.6 is 0 Å². The third-order valence-electron chi connectivity index (χ3n) is 6.18. The third-order valence-corrected chi connectivity index (χ3v) is 6.18. The Morgan fingerprint density at radius 3 is 2.71 bits per heavy atom. The van der Waals surface area contributed by atoms with Crippen LogP contribution < -0.4 is 16.4 Å². The molecule has 1 fully saturated rings. The van der Waals surface area contributed by atoms with Gasteiger partial charge in [-0.2, -0.15) is 0 Å². The molecule has 0 unspecified atom stereocenters. The quantitative estimate of drug-likeness (QED) is 0.334. The summed E-state index contributed by atoms with van der Waals surface area (Å²) in [4.78, 5) is 34.0. The Balaban J connectivity index is 1.36. The Morgan fingerprint density at radius 2 is 1.97 bits per heavy atom. The second-order valence-electron chi connectivity index (χ2n) is 8.49. The van der Waals surface area contributed by atoms with Gasteiger partial charge in [-0.25, -0.2) is 4.98 Å². The van der Waals surface area contributed by atoms with E-state index in [4.69, 9.17) is 5.73 Å². The van der Waals surface area contributed by atoms with E-state index in [0.717, 1.165) is 47.2 Å². The van der Waals surface area contributed by atoms with E-state index in [1.807, 2.05) is 60.5 Å². The highest BCUT2D eigenvalue weighted by atomic mass is 16.2. The molecule has 1 aliphatic rings. The normalized spacial score (nSPS) is 12.9. The Hall–Kier alpha value is -4.33. The number of anilines is 3. The van der Waals surface area contributed by atoms with E-state index in [2.05, 4.69) is 20.6 Å². The van der Waals surface area contributed by atoms with E-state index in [-0.39, 0.29) is 5.91 Å². The van der Waals surface area contributed by atoms with Crippen LogP contribution in [0.2, 0.25) is 0 Å². The maximum atomic E-state index is 12.6. The highest BCUT2D eigenvalue weighted by Crippen LogP contribution is 2.25. The molecule has 1 aliphatic heterocycles. The molecule has 5 N–H and O–H groups in total. The summed E-state index contributed by atoms with van der Waals surface area (Å²) in [6, 6.07) is 15.5. The molecule has 34 heavy (non-hydrogen) atoms. The van der Waals surface area contributed by atoms with Gasteiger partial charge in [0.25, 0.3) is 11.8 Å². The molecule has 3 heterocycles. The van der Waals surface area contributed by atoms with Crippen molar-refractivity contribution in [2.24, 2.45) is 5.73 Å². The fourth-order valence-corrected chi connectivity index (χ4v) is 4.17. The number of carbonyl (C=O) groups is 2. The van der Waals surface area contributed by atoms with Crippen molar-refractivity contribution < 1.29 is 9.59 Å². The molecule has 1 saturated heterocycles. The van der Waals surface area contributed by atoms with Crippen LogP contribution in [-0.4, -0.2) is 39.8 Å². The van der Waals surface area contributed by atoms with Gasteiger partial charge in [0.2, 0.25) is 0 Å². The molecule has 172 valence electrons. The number of hydrogen-bond donors (Lipinski definition) is 4. The minimum absolute atomic E-state index is 0.0720. The molecule has 2 amide bonds. The second-order valence-corrected chi connectivity index (χ2v) is 8.49. The smallest absolute Gasteiger partial charge is 0.254 e. The first-order valence-corrected chi connectivity index (χ1v) is 11.3. The van der Waals surface area contributed by atoms with Crippen molar-refractivity contribution in [1.82, 2.24) is 14.9 Å². The molecular weight excluding hydrogens is 428 g/mol. The maximum Gasteiger partial charge on any atom is 0.254 e. The zero-order valence-corrected chi connectivity index (χ0v) is 18.9. The average molecular weight is 455 g/mol. The minimum Gasteiger partial charge on any atom is -0.380 e. The zero-order valence-electron chi connectivity index (χ0n) is 18.9. The van der Waals surface area contributed by atoms with Crippen LogP contribution in [0, 0.1) is 6.92 Å². The second kappa shape index (κ2) is 8.90. The lowest BCUT2D eigenvalue weighted by Crippen LogP contribution is -2.42. The molecule has 5 rings (SSSR count). The Morgan fingerprint density at radius 1 is 1.12 bits per heavy atom. The van der Waals surface area contributed by atoms with Crippen molar-refractivity contribution in [2.45, 2.75) is 19.9 Å². The number of H-pyrrole nitrogens is 1. The van der Waals surface area contributed by atoms with Gasteiger partial charge in [-0.1, -0.05) is 18.2 Å². The Bertz CT molecular complexity index is 1390. The maximum absolute atomic E-state index is 12.6. The first kappa shape index (κ1) is 21.5. The molecule has 8 nitrogen and oxygen atoms in total. The number of fused-ring (bicyclic) bond motifs is 1. The van der Waals surface area contributed by atoms with Crippen molar-refractivity contribution in [3.8, 4) is 0 Å². The van der Waals surface area contributed by atoms with Gasteiger partial charge in [0, 0.05) is 49.3 Å². The van der Waals surface area contributed by atoms with Crippen molar-refractivity contribution >= 4 is 39.9 Å². The standard InChI is InChI=1S/C26H26N6O2/c1-16-12-19(6-7-20(16)26(34)32-10-3-11-32)31-23-13-22(21(15-30-23)25(27)33)29-14-18-5-2-4-17-8-9-28-24(17)18/h2,4-9,12-13,15,28H,3,10-11,14H2,1H3,(H2,27,33)(H2,29,30,31). The number of rotatable bonds is 7. The highest BCUT2D eigenvalue weighted by molar-refractivity contribution is 5.99. The third kappa shape index (κ3) is 4.17. The number of para-hydroxylation sites is 1. The number of carbonyl (C=O) groups excluding carboxylic acids is 2. The van der Waals surface area contributed by atoms with Gasteiger partial charge >= 0.3 is 0 Å². The Labute approximate surface area is 197 Å². The molecule has 0 saturated carbocycles. The summed E-state index contributed by atoms with van der Waals surface area (Å²) in [6.45, 7) is 4.08. The number of nitrogens with two attached hydrogens (primary N) is 1. The largest absolute Gasteiger partial charge is 0.380 e. The summed E-state index contributed by atoms with van der Waals surface area (Å²) in [5.74, 6) is 0.0824. The summed E-state index contributed by atoms with van der Waals surface area (Å²) in [6.07, 6.45) is 4.44. The van der Waals surface area contributed by atoms with Crippen LogP contribution in [-0.2, 0) is 6.54 Å². The monoisotopic (exact) mass is 454 g/mol. The number of aryl methyl sites for hydroxylation is 1. The van der Waals surface area contributed by atoms with Crippen LogP contribution in [0.25, 0.3) is 10.9 Å². The number of nitrogens with one attached hydrogen (secondary N) is 3. The number of primary amides is 1. The van der Waals surface area contributed by atoms with Crippen LogP contribution in [0.1, 0.15) is 38.3 Å². The van der Waals surface area contributed by atoms with Gasteiger partial charge in [0.05, 0.1) is 16.8 Å². The van der Waals surface area contributed by atoms with E-state index in [0.29, 0.717) is 29.2 Å². The van der Waals surface area contributed by atoms with Gasteiger partial charge in [0.15, 0.2) is 0 Å². The topological polar surface area (TPSA) is 116 Å². The summed E-state index contributed by atoms with van der Waals surface area (Å²) in [7, 11) is 0. The number of aromatic nitrogens is 2. The fraction of sp³-hybridized carbons (Fsp3) is 0.192. The van der Waals surface area contributed by atoms with E-state index in [9.17, 15) is 9.59 Å². The summed E-state index contributed by atoms with van der Waals surface area (Å²) in [5.41, 5.74) is 11.0. The number of benzene rings is 2. The van der Waals surface area contributed by atoms with E-state index in [1.54, 1.807) is 6.07 Å². The number of aromatic amines is 1. The molecular formula is C26H26N6O2. The molecule has 0 bridgehead atoms. The average Bonchev–Trinajstić information content (AvgIpc) is 3.26. The van der Waals surface area contributed by atoms with Crippen molar-refractivity contribution in [3.05, 3.63) is 83.2 Å². The highest BCUT2D eigenvalue weighted by Gasteiger charge is 2.22. The van der Waals surface area contributed by atoms with Crippen molar-refractivity contribution in [2.75, 3.05) is 23.7 Å². The number of amides is 2. The zero-order chi connectivity index (χ0) is 23.7. The predicted octanol–water partition coefficient (Wildman–Crippen LogP) is 4.17. The van der Waals surface area contributed by atoms with Gasteiger partial charge in [0.1, 0.15) is 5.82 Å².